The van der Waals surface area contributed by atoms with Crippen molar-refractivity contribution >= 4 is 0 Å². The molecule has 2 rings (SSSR count). The maximum absolute atomic E-state index is 10.6. The summed E-state index contributed by atoms with van der Waals surface area (Å²) in [6, 6.07) is 14.6. The normalized spacial score (nSPS) is 14.2. The standard InChI is InChI=1S/C16H18O2/c1-3-12-4-6-13(7-5-12)16(2,18)14-8-10-15(17)11-9-14/h4-11,17-18H,3H2,1-2H3. The Morgan fingerprint density at radius 3 is 1.78 bits per heavy atom. The molecule has 0 aliphatic carbocycles. The fourth-order valence-electron chi connectivity index (χ4n) is 2.02. The zero-order valence-electron chi connectivity index (χ0n) is 10.7. The largest absolute Gasteiger partial charge is 0.508 e. The lowest BCUT2D eigenvalue weighted by molar-refractivity contribution is 0.102. The molecule has 2 aromatic carbocycles. The molecule has 2 heteroatoms. The predicted molar refractivity (Wildman–Crippen MR) is 72.6 cm³/mol. The van der Waals surface area contributed by atoms with E-state index in [1.54, 1.807) is 31.2 Å². The van der Waals surface area contributed by atoms with Crippen molar-refractivity contribution < 1.29 is 10.2 Å². The molecule has 18 heavy (non-hydrogen) atoms. The van der Waals surface area contributed by atoms with Crippen molar-refractivity contribution in [3.8, 4) is 5.75 Å². The number of aromatic hydroxyl groups is 1. The van der Waals surface area contributed by atoms with Gasteiger partial charge in [0.25, 0.3) is 0 Å². The van der Waals surface area contributed by atoms with E-state index >= 15 is 0 Å². The number of hydrogen-bond acceptors (Lipinski definition) is 2. The van der Waals surface area contributed by atoms with Crippen LogP contribution in [0.3, 0.4) is 0 Å². The van der Waals surface area contributed by atoms with Gasteiger partial charge in [-0.15, -0.1) is 0 Å². The molecule has 1 unspecified atom stereocenters. The molecule has 0 aromatic heterocycles. The summed E-state index contributed by atoms with van der Waals surface area (Å²) in [7, 11) is 0. The first-order valence-electron chi connectivity index (χ1n) is 6.15. The van der Waals surface area contributed by atoms with Crippen molar-refractivity contribution in [3.63, 3.8) is 0 Å². The number of rotatable bonds is 3. The predicted octanol–water partition coefficient (Wildman–Crippen LogP) is 3.21. The minimum atomic E-state index is -1.04. The highest BCUT2D eigenvalue weighted by Gasteiger charge is 2.25. The van der Waals surface area contributed by atoms with Crippen molar-refractivity contribution in [2.45, 2.75) is 25.9 Å². The summed E-state index contributed by atoms with van der Waals surface area (Å²) >= 11 is 0. The van der Waals surface area contributed by atoms with Crippen LogP contribution < -0.4 is 0 Å². The number of hydrogen-bond donors (Lipinski definition) is 2. The van der Waals surface area contributed by atoms with Gasteiger partial charge >= 0.3 is 0 Å². The first kappa shape index (κ1) is 12.7. The Morgan fingerprint density at radius 2 is 1.33 bits per heavy atom. The summed E-state index contributed by atoms with van der Waals surface area (Å²) in [4.78, 5) is 0. The first-order valence-corrected chi connectivity index (χ1v) is 6.15. The first-order chi connectivity index (χ1) is 8.54. The van der Waals surface area contributed by atoms with E-state index < -0.39 is 5.60 Å². The van der Waals surface area contributed by atoms with Gasteiger partial charge in [-0.05, 0) is 42.2 Å². The van der Waals surface area contributed by atoms with E-state index in [4.69, 9.17) is 0 Å². The molecule has 0 heterocycles. The molecule has 0 saturated heterocycles. The maximum Gasteiger partial charge on any atom is 0.115 e. The Bertz CT molecular complexity index is 510. The van der Waals surface area contributed by atoms with E-state index in [1.807, 2.05) is 24.3 Å². The van der Waals surface area contributed by atoms with Gasteiger partial charge in [0, 0.05) is 0 Å². The van der Waals surface area contributed by atoms with Gasteiger partial charge in [-0.1, -0.05) is 43.3 Å². The molecule has 0 aliphatic rings. The van der Waals surface area contributed by atoms with E-state index in [-0.39, 0.29) is 5.75 Å². The summed E-state index contributed by atoms with van der Waals surface area (Å²) in [5, 5.41) is 19.9. The molecule has 2 aromatic rings. The lowest BCUT2D eigenvalue weighted by atomic mass is 9.87. The third kappa shape index (κ3) is 2.39. The minimum Gasteiger partial charge on any atom is -0.508 e. The second-order valence-corrected chi connectivity index (χ2v) is 4.67. The molecular formula is C16H18O2. The highest BCUT2D eigenvalue weighted by atomic mass is 16.3. The smallest absolute Gasteiger partial charge is 0.115 e. The lowest BCUT2D eigenvalue weighted by Gasteiger charge is -2.24. The average molecular weight is 242 g/mol. The van der Waals surface area contributed by atoms with E-state index in [9.17, 15) is 10.2 Å². The van der Waals surface area contributed by atoms with Crippen molar-refractivity contribution in [2.24, 2.45) is 0 Å². The lowest BCUT2D eigenvalue weighted by Crippen LogP contribution is -2.22. The molecule has 0 spiro atoms. The molecule has 0 amide bonds. The number of aryl methyl sites for hydroxylation is 1. The number of phenolic OH excluding ortho intramolecular Hbond substituents is 1. The van der Waals surface area contributed by atoms with E-state index in [1.165, 1.54) is 5.56 Å². The fraction of sp³-hybridized carbons (Fsp3) is 0.250. The van der Waals surface area contributed by atoms with Gasteiger partial charge < -0.3 is 10.2 Å². The van der Waals surface area contributed by atoms with Crippen LogP contribution in [0.4, 0.5) is 0 Å². The van der Waals surface area contributed by atoms with E-state index in [0.717, 1.165) is 17.5 Å². The van der Waals surface area contributed by atoms with Gasteiger partial charge in [-0.2, -0.15) is 0 Å². The Hall–Kier alpha value is -1.80. The fourth-order valence-corrected chi connectivity index (χ4v) is 2.02. The number of aliphatic hydroxyl groups is 1. The molecule has 1 atom stereocenters. The molecule has 0 aliphatic heterocycles. The van der Waals surface area contributed by atoms with Crippen LogP contribution in [0.15, 0.2) is 48.5 Å². The SMILES string of the molecule is CCc1ccc(C(C)(O)c2ccc(O)cc2)cc1. The van der Waals surface area contributed by atoms with Gasteiger partial charge in [-0.25, -0.2) is 0 Å². The zero-order valence-corrected chi connectivity index (χ0v) is 10.7. The zero-order chi connectivity index (χ0) is 13.2. The van der Waals surface area contributed by atoms with Gasteiger partial charge in [-0.3, -0.25) is 0 Å². The van der Waals surface area contributed by atoms with Gasteiger partial charge in [0.15, 0.2) is 0 Å². The molecule has 0 radical (unpaired) electrons. The molecule has 2 N–H and O–H groups in total. The summed E-state index contributed by atoms with van der Waals surface area (Å²) in [5.41, 5.74) is 1.83. The summed E-state index contributed by atoms with van der Waals surface area (Å²) in [6.07, 6.45) is 0.988. The molecular weight excluding hydrogens is 224 g/mol. The summed E-state index contributed by atoms with van der Waals surface area (Å²) < 4.78 is 0. The second-order valence-electron chi connectivity index (χ2n) is 4.67. The second kappa shape index (κ2) is 4.83. The summed E-state index contributed by atoms with van der Waals surface area (Å²) in [6.45, 7) is 3.87. The van der Waals surface area contributed by atoms with Crippen LogP contribution in [0.5, 0.6) is 5.75 Å². The number of phenols is 1. The van der Waals surface area contributed by atoms with Crippen molar-refractivity contribution in [2.75, 3.05) is 0 Å². The van der Waals surface area contributed by atoms with Crippen LogP contribution in [0.2, 0.25) is 0 Å². The minimum absolute atomic E-state index is 0.205. The molecule has 0 fully saturated rings. The quantitative estimate of drug-likeness (QED) is 0.867. The monoisotopic (exact) mass is 242 g/mol. The van der Waals surface area contributed by atoms with Crippen LogP contribution in [-0.4, -0.2) is 10.2 Å². The highest BCUT2D eigenvalue weighted by Crippen LogP contribution is 2.30. The Kier molecular flexibility index (Phi) is 3.39. The van der Waals surface area contributed by atoms with Gasteiger partial charge in [0.2, 0.25) is 0 Å². The molecule has 94 valence electrons. The number of benzene rings is 2. The Labute approximate surface area is 108 Å². The topological polar surface area (TPSA) is 40.5 Å². The maximum atomic E-state index is 10.6. The van der Waals surface area contributed by atoms with Crippen molar-refractivity contribution in [3.05, 3.63) is 65.2 Å². The van der Waals surface area contributed by atoms with Crippen molar-refractivity contribution in [1.82, 2.24) is 0 Å². The van der Waals surface area contributed by atoms with Crippen LogP contribution in [0, 0.1) is 0 Å². The van der Waals surface area contributed by atoms with Crippen LogP contribution in [0.1, 0.15) is 30.5 Å². The van der Waals surface area contributed by atoms with Crippen LogP contribution in [-0.2, 0) is 12.0 Å². The van der Waals surface area contributed by atoms with Gasteiger partial charge in [0.05, 0.1) is 0 Å². The average Bonchev–Trinajstić information content (AvgIpc) is 2.39. The van der Waals surface area contributed by atoms with E-state index in [0.29, 0.717) is 0 Å². The van der Waals surface area contributed by atoms with E-state index in [2.05, 4.69) is 6.92 Å². The Balaban J connectivity index is 2.37. The molecule has 0 saturated carbocycles. The molecule has 2 nitrogen and oxygen atoms in total. The third-order valence-corrected chi connectivity index (χ3v) is 3.35. The third-order valence-electron chi connectivity index (χ3n) is 3.35. The van der Waals surface area contributed by atoms with Crippen LogP contribution in [0.25, 0.3) is 0 Å². The van der Waals surface area contributed by atoms with Crippen LogP contribution >= 0.6 is 0 Å². The highest BCUT2D eigenvalue weighted by molar-refractivity contribution is 5.38. The summed E-state index contributed by atoms with van der Waals surface area (Å²) in [5.74, 6) is 0.205. The van der Waals surface area contributed by atoms with Gasteiger partial charge in [0.1, 0.15) is 11.4 Å². The Morgan fingerprint density at radius 1 is 0.889 bits per heavy atom. The van der Waals surface area contributed by atoms with Crippen molar-refractivity contribution in [1.29, 1.82) is 0 Å². The molecule has 0 bridgehead atoms.